The second kappa shape index (κ2) is 8.19. The third-order valence-corrected chi connectivity index (χ3v) is 5.74. The highest BCUT2D eigenvalue weighted by Gasteiger charge is 2.30. The van der Waals surface area contributed by atoms with Crippen LogP contribution in [0.15, 0.2) is 77.7 Å². The Bertz CT molecular complexity index is 1180. The fourth-order valence-corrected chi connectivity index (χ4v) is 4.05. The van der Waals surface area contributed by atoms with E-state index in [4.69, 9.17) is 0 Å². The van der Waals surface area contributed by atoms with E-state index in [2.05, 4.69) is 10.0 Å². The highest BCUT2D eigenvalue weighted by molar-refractivity contribution is 7.92. The molecular weight excluding hydrogens is 417 g/mol. The molecule has 0 aromatic heterocycles. The van der Waals surface area contributed by atoms with Crippen molar-refractivity contribution in [1.29, 1.82) is 0 Å². The van der Waals surface area contributed by atoms with Crippen molar-refractivity contribution in [1.82, 2.24) is 0 Å². The molecule has 0 aliphatic carbocycles. The Morgan fingerprint density at radius 1 is 0.867 bits per heavy atom. The monoisotopic (exact) mass is 434 g/mol. The first-order chi connectivity index (χ1) is 14.1. The fraction of sp³-hybridized carbons (Fsp3) is 0.0952. The summed E-state index contributed by atoms with van der Waals surface area (Å²) in [7, 11) is -3.98. The number of rotatable bonds is 5. The minimum atomic E-state index is -4.55. The lowest BCUT2D eigenvalue weighted by Gasteiger charge is -2.13. The van der Waals surface area contributed by atoms with Crippen LogP contribution < -0.4 is 10.0 Å². The number of benzene rings is 3. The van der Waals surface area contributed by atoms with Gasteiger partial charge in [-0.2, -0.15) is 13.2 Å². The van der Waals surface area contributed by atoms with Crippen LogP contribution in [-0.4, -0.2) is 14.3 Å². The van der Waals surface area contributed by atoms with Gasteiger partial charge in [-0.3, -0.25) is 9.52 Å². The van der Waals surface area contributed by atoms with Gasteiger partial charge in [0, 0.05) is 16.9 Å². The summed E-state index contributed by atoms with van der Waals surface area (Å²) in [5, 5.41) is 2.36. The zero-order valence-electron chi connectivity index (χ0n) is 15.7. The van der Waals surface area contributed by atoms with Crippen molar-refractivity contribution in [3.05, 3.63) is 89.5 Å². The number of anilines is 2. The van der Waals surface area contributed by atoms with Crippen LogP contribution in [0.1, 0.15) is 21.5 Å². The first-order valence-electron chi connectivity index (χ1n) is 8.73. The second-order valence-electron chi connectivity index (χ2n) is 6.48. The normalized spacial score (nSPS) is 11.7. The van der Waals surface area contributed by atoms with Crippen molar-refractivity contribution in [3.63, 3.8) is 0 Å². The van der Waals surface area contributed by atoms with Crippen LogP contribution in [0.4, 0.5) is 24.5 Å². The summed E-state index contributed by atoms with van der Waals surface area (Å²) >= 11 is 0. The highest BCUT2D eigenvalue weighted by atomic mass is 32.2. The molecule has 30 heavy (non-hydrogen) atoms. The molecule has 156 valence electrons. The molecule has 3 rings (SSSR count). The van der Waals surface area contributed by atoms with Crippen molar-refractivity contribution < 1.29 is 26.4 Å². The molecule has 0 heterocycles. The van der Waals surface area contributed by atoms with Crippen LogP contribution in [0.3, 0.4) is 0 Å². The number of alkyl halides is 3. The molecular formula is C21H17F3N2O3S. The lowest BCUT2D eigenvalue weighted by atomic mass is 10.1. The SMILES string of the molecule is Cc1ccc(C(=O)Nc2cccc(C(F)(F)F)c2)cc1S(=O)(=O)Nc1ccccc1. The average Bonchev–Trinajstić information content (AvgIpc) is 2.68. The first kappa shape index (κ1) is 21.4. The Labute approximate surface area is 171 Å². The van der Waals surface area contributed by atoms with Crippen LogP contribution in [0, 0.1) is 6.92 Å². The summed E-state index contributed by atoms with van der Waals surface area (Å²) in [5.41, 5.74) is -0.196. The number of hydrogen-bond donors (Lipinski definition) is 2. The number of halogens is 3. The van der Waals surface area contributed by atoms with Crippen molar-refractivity contribution in [3.8, 4) is 0 Å². The summed E-state index contributed by atoms with van der Waals surface area (Å²) in [6, 6.07) is 16.5. The van der Waals surface area contributed by atoms with Crippen LogP contribution >= 0.6 is 0 Å². The molecule has 0 unspecified atom stereocenters. The predicted molar refractivity (Wildman–Crippen MR) is 108 cm³/mol. The number of carbonyl (C=O) groups excluding carboxylic acids is 1. The number of nitrogens with one attached hydrogen (secondary N) is 2. The van der Waals surface area contributed by atoms with Gasteiger partial charge in [0.1, 0.15) is 0 Å². The Hall–Kier alpha value is -3.33. The summed E-state index contributed by atoms with van der Waals surface area (Å²) in [5.74, 6) is -0.731. The molecule has 3 aromatic rings. The van der Waals surface area contributed by atoms with E-state index in [0.717, 1.165) is 12.1 Å². The molecule has 3 aromatic carbocycles. The maximum absolute atomic E-state index is 12.8. The van der Waals surface area contributed by atoms with Gasteiger partial charge in [0.15, 0.2) is 0 Å². The van der Waals surface area contributed by atoms with E-state index in [1.165, 1.54) is 30.3 Å². The third-order valence-electron chi connectivity index (χ3n) is 4.21. The fourth-order valence-electron chi connectivity index (χ4n) is 2.72. The average molecular weight is 434 g/mol. The maximum Gasteiger partial charge on any atom is 0.416 e. The quantitative estimate of drug-likeness (QED) is 0.589. The van der Waals surface area contributed by atoms with Crippen molar-refractivity contribution in [2.45, 2.75) is 18.0 Å². The van der Waals surface area contributed by atoms with Gasteiger partial charge in [0.05, 0.1) is 10.5 Å². The Kier molecular flexibility index (Phi) is 5.84. The smallest absolute Gasteiger partial charge is 0.322 e. The van der Waals surface area contributed by atoms with Crippen LogP contribution in [-0.2, 0) is 16.2 Å². The Morgan fingerprint density at radius 3 is 2.20 bits per heavy atom. The van der Waals surface area contributed by atoms with Crippen LogP contribution in [0.2, 0.25) is 0 Å². The number of para-hydroxylation sites is 1. The summed E-state index contributed by atoms with van der Waals surface area (Å²) in [6.07, 6.45) is -4.55. The molecule has 0 aliphatic rings. The molecule has 0 radical (unpaired) electrons. The van der Waals surface area contributed by atoms with E-state index in [1.54, 1.807) is 37.3 Å². The van der Waals surface area contributed by atoms with Crippen LogP contribution in [0.25, 0.3) is 0 Å². The van der Waals surface area contributed by atoms with Gasteiger partial charge in [-0.05, 0) is 55.0 Å². The predicted octanol–water partition coefficient (Wildman–Crippen LogP) is 5.07. The van der Waals surface area contributed by atoms with Gasteiger partial charge >= 0.3 is 6.18 Å². The molecule has 0 aliphatic heterocycles. The highest BCUT2D eigenvalue weighted by Crippen LogP contribution is 2.31. The second-order valence-corrected chi connectivity index (χ2v) is 8.14. The number of aryl methyl sites for hydroxylation is 1. The number of hydrogen-bond acceptors (Lipinski definition) is 3. The standard InChI is InChI=1S/C21H17F3N2O3S/c1-14-10-11-15(12-19(14)30(28,29)26-17-7-3-2-4-8-17)20(27)25-18-9-5-6-16(13-18)21(22,23)24/h2-13,26H,1H3,(H,25,27). The van der Waals surface area contributed by atoms with Gasteiger partial charge in [0.25, 0.3) is 15.9 Å². The van der Waals surface area contributed by atoms with Gasteiger partial charge < -0.3 is 5.32 Å². The van der Waals surface area contributed by atoms with Gasteiger partial charge in [-0.15, -0.1) is 0 Å². The summed E-state index contributed by atoms with van der Waals surface area (Å²) in [4.78, 5) is 12.4. The van der Waals surface area contributed by atoms with Gasteiger partial charge in [0.2, 0.25) is 0 Å². The molecule has 0 atom stereocenters. The van der Waals surface area contributed by atoms with Crippen molar-refractivity contribution in [2.75, 3.05) is 10.0 Å². The molecule has 0 saturated carbocycles. The van der Waals surface area contributed by atoms with Gasteiger partial charge in [-0.25, -0.2) is 8.42 Å². The number of amides is 1. The number of sulfonamides is 1. The zero-order chi connectivity index (χ0) is 21.9. The molecule has 2 N–H and O–H groups in total. The molecule has 1 amide bonds. The maximum atomic E-state index is 12.8. The minimum absolute atomic E-state index is 0.00792. The molecule has 0 saturated heterocycles. The largest absolute Gasteiger partial charge is 0.416 e. The molecule has 0 spiro atoms. The third kappa shape index (κ3) is 4.98. The van der Waals surface area contributed by atoms with Crippen LogP contribution in [0.5, 0.6) is 0 Å². The summed E-state index contributed by atoms with van der Waals surface area (Å²) < 4.78 is 66.5. The van der Waals surface area contributed by atoms with Crippen molar-refractivity contribution >= 4 is 27.3 Å². The van der Waals surface area contributed by atoms with E-state index >= 15 is 0 Å². The van der Waals surface area contributed by atoms with E-state index in [-0.39, 0.29) is 16.1 Å². The molecule has 0 fully saturated rings. The van der Waals surface area contributed by atoms with Crippen molar-refractivity contribution in [2.24, 2.45) is 0 Å². The van der Waals surface area contributed by atoms with E-state index in [0.29, 0.717) is 11.3 Å². The lowest BCUT2D eigenvalue weighted by Crippen LogP contribution is -2.17. The van der Waals surface area contributed by atoms with E-state index < -0.39 is 27.7 Å². The first-order valence-corrected chi connectivity index (χ1v) is 10.2. The molecule has 9 heteroatoms. The zero-order valence-corrected chi connectivity index (χ0v) is 16.5. The lowest BCUT2D eigenvalue weighted by molar-refractivity contribution is -0.137. The molecule has 0 bridgehead atoms. The topological polar surface area (TPSA) is 75.3 Å². The number of carbonyl (C=O) groups is 1. The minimum Gasteiger partial charge on any atom is -0.322 e. The van der Waals surface area contributed by atoms with Gasteiger partial charge in [-0.1, -0.05) is 30.3 Å². The Morgan fingerprint density at radius 2 is 1.53 bits per heavy atom. The Balaban J connectivity index is 1.87. The van der Waals surface area contributed by atoms with E-state index in [9.17, 15) is 26.4 Å². The van der Waals surface area contributed by atoms with E-state index in [1.807, 2.05) is 0 Å². The summed E-state index contributed by atoms with van der Waals surface area (Å²) in [6.45, 7) is 1.58. The molecule has 5 nitrogen and oxygen atoms in total.